The van der Waals surface area contributed by atoms with E-state index < -0.39 is 20.0 Å². The average molecular weight is 926 g/mol. The second kappa shape index (κ2) is 47.1. The highest BCUT2D eigenvalue weighted by atomic mass is 31.2. The molecule has 0 saturated carbocycles. The van der Waals surface area contributed by atoms with Crippen LogP contribution < -0.4 is 5.32 Å². The molecule has 0 heterocycles. The van der Waals surface area contributed by atoms with Crippen molar-refractivity contribution in [1.82, 2.24) is 5.32 Å². The number of phosphoric acid groups is 1. The summed E-state index contributed by atoms with van der Waals surface area (Å²) in [6.07, 6.45) is 58.4. The zero-order valence-corrected chi connectivity index (χ0v) is 44.2. The fourth-order valence-corrected chi connectivity index (χ4v) is 9.01. The number of phosphoric ester groups is 1. The number of carbonyl (C=O) groups is 1. The van der Waals surface area contributed by atoms with Crippen LogP contribution in [0.1, 0.15) is 271 Å². The van der Waals surface area contributed by atoms with Crippen LogP contribution in [0.15, 0.2) is 24.3 Å². The van der Waals surface area contributed by atoms with Crippen LogP contribution in [0.5, 0.6) is 0 Å². The Hall–Kier alpha value is -1.02. The van der Waals surface area contributed by atoms with E-state index in [0.717, 1.165) is 38.5 Å². The molecule has 0 fully saturated rings. The maximum absolute atomic E-state index is 12.9. The third-order valence-electron chi connectivity index (χ3n) is 12.7. The summed E-state index contributed by atoms with van der Waals surface area (Å²) in [7, 11) is 1.58. The number of hydrogen-bond donors (Lipinski definition) is 3. The summed E-state index contributed by atoms with van der Waals surface area (Å²) in [6.45, 7) is 4.84. The van der Waals surface area contributed by atoms with Crippen LogP contribution in [0.3, 0.4) is 0 Å². The van der Waals surface area contributed by atoms with Crippen molar-refractivity contribution in [3.63, 3.8) is 0 Å². The molecule has 0 rings (SSSR count). The summed E-state index contributed by atoms with van der Waals surface area (Å²) in [5, 5.41) is 13.9. The van der Waals surface area contributed by atoms with Crippen LogP contribution in [-0.4, -0.2) is 73.4 Å². The van der Waals surface area contributed by atoms with Gasteiger partial charge in [-0.2, -0.15) is 0 Å². The van der Waals surface area contributed by atoms with Gasteiger partial charge >= 0.3 is 7.82 Å². The Morgan fingerprint density at radius 2 is 0.844 bits per heavy atom. The van der Waals surface area contributed by atoms with Gasteiger partial charge in [0.2, 0.25) is 5.91 Å². The topological polar surface area (TPSA) is 105 Å². The van der Waals surface area contributed by atoms with Crippen LogP contribution in [0.2, 0.25) is 0 Å². The Morgan fingerprint density at radius 1 is 0.516 bits per heavy atom. The molecular weight excluding hydrogens is 816 g/mol. The van der Waals surface area contributed by atoms with Gasteiger partial charge in [-0.15, -0.1) is 0 Å². The largest absolute Gasteiger partial charge is 0.472 e. The minimum Gasteiger partial charge on any atom is -0.387 e. The first kappa shape index (κ1) is 63.0. The molecule has 0 spiro atoms. The van der Waals surface area contributed by atoms with E-state index in [9.17, 15) is 19.4 Å². The molecule has 380 valence electrons. The van der Waals surface area contributed by atoms with Gasteiger partial charge in [0.15, 0.2) is 0 Å². The Morgan fingerprint density at radius 3 is 1.20 bits per heavy atom. The zero-order valence-electron chi connectivity index (χ0n) is 43.3. The molecule has 3 unspecified atom stereocenters. The van der Waals surface area contributed by atoms with Gasteiger partial charge in [0.25, 0.3) is 0 Å². The van der Waals surface area contributed by atoms with E-state index in [2.05, 4.69) is 31.3 Å². The highest BCUT2D eigenvalue weighted by molar-refractivity contribution is 7.47. The third-order valence-corrected chi connectivity index (χ3v) is 13.6. The van der Waals surface area contributed by atoms with Crippen LogP contribution in [0, 0.1) is 0 Å². The van der Waals surface area contributed by atoms with Gasteiger partial charge in [-0.25, -0.2) is 4.57 Å². The first-order valence-electron chi connectivity index (χ1n) is 27.7. The number of nitrogens with zero attached hydrogens (tertiary/aromatic N) is 1. The molecule has 0 radical (unpaired) electrons. The van der Waals surface area contributed by atoms with E-state index in [1.165, 1.54) is 212 Å². The van der Waals surface area contributed by atoms with Crippen molar-refractivity contribution >= 4 is 13.7 Å². The van der Waals surface area contributed by atoms with Crippen LogP contribution in [0.25, 0.3) is 0 Å². The zero-order chi connectivity index (χ0) is 47.1. The first-order chi connectivity index (χ1) is 31.0. The number of hydrogen-bond acceptors (Lipinski definition) is 5. The maximum atomic E-state index is 12.9. The fourth-order valence-electron chi connectivity index (χ4n) is 8.27. The molecule has 0 aromatic carbocycles. The van der Waals surface area contributed by atoms with Crippen molar-refractivity contribution in [3.8, 4) is 0 Å². The molecule has 0 aliphatic heterocycles. The monoisotopic (exact) mass is 926 g/mol. The Balaban J connectivity index is 4.15. The quantitative estimate of drug-likeness (QED) is 0.0243. The normalized spacial score (nSPS) is 14.2. The number of aliphatic hydroxyl groups excluding tert-OH is 1. The summed E-state index contributed by atoms with van der Waals surface area (Å²) in [4.78, 5) is 23.2. The molecule has 0 saturated heterocycles. The highest BCUT2D eigenvalue weighted by Gasteiger charge is 2.27. The number of quaternary nitrogens is 1. The highest BCUT2D eigenvalue weighted by Crippen LogP contribution is 2.43. The number of carbonyl (C=O) groups excluding carboxylic acids is 1. The molecular formula is C55H110N2O6P+. The predicted octanol–water partition coefficient (Wildman–Crippen LogP) is 16.4. The van der Waals surface area contributed by atoms with Crippen molar-refractivity contribution < 1.29 is 32.9 Å². The Kier molecular flexibility index (Phi) is 46.3. The molecule has 0 aliphatic rings. The molecule has 3 atom stereocenters. The maximum Gasteiger partial charge on any atom is 0.472 e. The minimum atomic E-state index is -4.34. The van der Waals surface area contributed by atoms with E-state index in [0.29, 0.717) is 17.4 Å². The van der Waals surface area contributed by atoms with Gasteiger partial charge < -0.3 is 19.8 Å². The van der Waals surface area contributed by atoms with Gasteiger partial charge in [0, 0.05) is 6.42 Å². The number of allylic oxidation sites excluding steroid dienone is 3. The van der Waals surface area contributed by atoms with Crippen molar-refractivity contribution in [1.29, 1.82) is 0 Å². The van der Waals surface area contributed by atoms with E-state index in [1.54, 1.807) is 6.08 Å². The van der Waals surface area contributed by atoms with Crippen molar-refractivity contribution in [2.45, 2.75) is 283 Å². The summed E-state index contributed by atoms with van der Waals surface area (Å²) in [5.74, 6) is -0.175. The lowest BCUT2D eigenvalue weighted by Crippen LogP contribution is -2.45. The SMILES string of the molecule is CCCCCCCCCCCCCC/C=C\CCCCCCCCCCCCCC(=O)NC(COP(=O)(O)OCC[N+](C)(C)C)C(O)/C=C/CCCCCCCCCCCCCCC. The Bertz CT molecular complexity index is 1090. The third kappa shape index (κ3) is 48.9. The lowest BCUT2D eigenvalue weighted by molar-refractivity contribution is -0.870. The minimum absolute atomic E-state index is 0.0630. The molecule has 0 bridgehead atoms. The Labute approximate surface area is 398 Å². The molecule has 0 aromatic heterocycles. The number of amides is 1. The van der Waals surface area contributed by atoms with E-state index >= 15 is 0 Å². The van der Waals surface area contributed by atoms with Crippen molar-refractivity contribution in [2.75, 3.05) is 40.9 Å². The average Bonchev–Trinajstić information content (AvgIpc) is 3.25. The smallest absolute Gasteiger partial charge is 0.387 e. The van der Waals surface area contributed by atoms with Crippen molar-refractivity contribution in [3.05, 3.63) is 24.3 Å². The number of rotatable bonds is 51. The lowest BCUT2D eigenvalue weighted by Gasteiger charge is -2.25. The van der Waals surface area contributed by atoms with E-state index in [-0.39, 0.29) is 19.1 Å². The van der Waals surface area contributed by atoms with Gasteiger partial charge in [-0.1, -0.05) is 244 Å². The first-order valence-corrected chi connectivity index (χ1v) is 29.2. The van der Waals surface area contributed by atoms with Crippen LogP contribution in [-0.2, 0) is 18.4 Å². The van der Waals surface area contributed by atoms with E-state index in [4.69, 9.17) is 9.05 Å². The fraction of sp³-hybridized carbons (Fsp3) is 0.909. The molecule has 64 heavy (non-hydrogen) atoms. The van der Waals surface area contributed by atoms with Gasteiger partial charge in [0.05, 0.1) is 39.9 Å². The number of likely N-dealkylation sites (N-methyl/N-ethyl adjacent to an activating group) is 1. The summed E-state index contributed by atoms with van der Waals surface area (Å²) in [6, 6.07) is -0.844. The molecule has 3 N–H and O–H groups in total. The van der Waals surface area contributed by atoms with Gasteiger partial charge in [0.1, 0.15) is 13.2 Å². The van der Waals surface area contributed by atoms with Crippen LogP contribution in [0.4, 0.5) is 0 Å². The van der Waals surface area contributed by atoms with Gasteiger partial charge in [-0.05, 0) is 44.9 Å². The van der Waals surface area contributed by atoms with Gasteiger partial charge in [-0.3, -0.25) is 13.8 Å². The summed E-state index contributed by atoms with van der Waals surface area (Å²) >= 11 is 0. The number of nitrogens with one attached hydrogen (secondary N) is 1. The lowest BCUT2D eigenvalue weighted by atomic mass is 10.0. The summed E-state index contributed by atoms with van der Waals surface area (Å²) in [5.41, 5.74) is 0. The van der Waals surface area contributed by atoms with Crippen molar-refractivity contribution in [2.24, 2.45) is 0 Å². The molecule has 0 aromatic rings. The number of aliphatic hydroxyl groups is 1. The number of unbranched alkanes of at least 4 members (excludes halogenated alkanes) is 36. The molecule has 1 amide bonds. The van der Waals surface area contributed by atoms with E-state index in [1.807, 2.05) is 27.2 Å². The predicted molar refractivity (Wildman–Crippen MR) is 277 cm³/mol. The second-order valence-electron chi connectivity index (χ2n) is 20.3. The second-order valence-corrected chi connectivity index (χ2v) is 21.8. The molecule has 8 nitrogen and oxygen atoms in total. The molecule has 0 aliphatic carbocycles. The standard InChI is InChI=1S/C55H109N2O6P/c1-6-8-10-12-14-16-18-20-22-23-24-25-26-27-28-29-30-31-32-33-35-37-39-41-43-45-47-49-55(59)56-53(52-63-64(60,61)62-51-50-57(3,4)5)54(58)48-46-44-42-40-38-36-34-21-19-17-15-13-11-9-7-2/h27-28,46,48,53-54,58H,6-26,29-45,47,49-52H2,1-5H3,(H-,56,59,60,61)/p+1/b28-27-,48-46+. The molecule has 9 heteroatoms. The van der Waals surface area contributed by atoms with Crippen LogP contribution >= 0.6 is 7.82 Å². The summed E-state index contributed by atoms with van der Waals surface area (Å²) < 4.78 is 23.7.